The summed E-state index contributed by atoms with van der Waals surface area (Å²) in [5, 5.41) is 18.0. The van der Waals surface area contributed by atoms with E-state index in [1.807, 2.05) is 0 Å². The molecule has 1 amide bonds. The zero-order valence-corrected chi connectivity index (χ0v) is 11.5. The van der Waals surface area contributed by atoms with Crippen molar-refractivity contribution in [3.05, 3.63) is 40.4 Å². The zero-order chi connectivity index (χ0) is 14.7. The molecule has 9 heteroatoms. The van der Waals surface area contributed by atoms with Crippen molar-refractivity contribution in [2.75, 3.05) is 5.32 Å². The first-order valence-corrected chi connectivity index (χ1v) is 6.13. The number of carboxylic acids is 1. The number of benzene rings is 1. The van der Waals surface area contributed by atoms with Crippen LogP contribution in [0.25, 0.3) is 0 Å². The van der Waals surface area contributed by atoms with Gasteiger partial charge in [-0.15, -0.1) is 5.10 Å². The molecule has 0 aliphatic rings. The molecule has 0 unspecified atom stereocenters. The molecule has 0 saturated heterocycles. The van der Waals surface area contributed by atoms with Crippen LogP contribution in [-0.4, -0.2) is 32.0 Å². The maximum Gasteiger partial charge on any atom is 0.325 e. The van der Waals surface area contributed by atoms with Crippen molar-refractivity contribution in [1.29, 1.82) is 0 Å². The molecule has 0 bridgehead atoms. The number of aliphatic carboxylic acids is 1. The van der Waals surface area contributed by atoms with Gasteiger partial charge in [0.1, 0.15) is 12.4 Å². The Labute approximate surface area is 120 Å². The predicted molar refractivity (Wildman–Crippen MR) is 69.7 cm³/mol. The number of carbonyl (C=O) groups is 2. The van der Waals surface area contributed by atoms with Crippen LogP contribution in [0.4, 0.5) is 10.1 Å². The number of nitrogens with one attached hydrogen (secondary N) is 1. The Balaban J connectivity index is 2.09. The zero-order valence-electron chi connectivity index (χ0n) is 9.88. The fourth-order valence-corrected chi connectivity index (χ4v) is 1.63. The molecule has 2 N–H and O–H groups in total. The Bertz CT molecular complexity index is 673. The SMILES string of the molecule is O=C(O)Cn1cc(C(=O)Nc2ccc(Br)c(F)c2)nn1. The van der Waals surface area contributed by atoms with Crippen LogP contribution in [0, 0.1) is 5.82 Å². The molecule has 2 rings (SSSR count). The first-order valence-electron chi connectivity index (χ1n) is 5.34. The molecule has 0 radical (unpaired) electrons. The Kier molecular flexibility index (Phi) is 4.08. The van der Waals surface area contributed by atoms with Gasteiger partial charge in [-0.1, -0.05) is 5.21 Å². The number of carboxylic acid groups (broad SMARTS) is 1. The van der Waals surface area contributed by atoms with E-state index in [-0.39, 0.29) is 15.9 Å². The van der Waals surface area contributed by atoms with Gasteiger partial charge in [0, 0.05) is 5.69 Å². The quantitative estimate of drug-likeness (QED) is 0.877. The molecular formula is C11H8BrFN4O3. The van der Waals surface area contributed by atoms with Crippen LogP contribution in [-0.2, 0) is 11.3 Å². The fraction of sp³-hybridized carbons (Fsp3) is 0.0909. The van der Waals surface area contributed by atoms with Crippen molar-refractivity contribution < 1.29 is 19.1 Å². The third kappa shape index (κ3) is 3.38. The second kappa shape index (κ2) is 5.78. The highest BCUT2D eigenvalue weighted by atomic mass is 79.9. The molecule has 7 nitrogen and oxygen atoms in total. The van der Waals surface area contributed by atoms with Crippen molar-refractivity contribution in [2.24, 2.45) is 0 Å². The topological polar surface area (TPSA) is 97.1 Å². The average molecular weight is 343 g/mol. The van der Waals surface area contributed by atoms with Crippen LogP contribution in [0.5, 0.6) is 0 Å². The lowest BCUT2D eigenvalue weighted by molar-refractivity contribution is -0.137. The lowest BCUT2D eigenvalue weighted by atomic mass is 10.3. The Morgan fingerprint density at radius 2 is 2.20 bits per heavy atom. The maximum absolute atomic E-state index is 13.3. The van der Waals surface area contributed by atoms with Crippen molar-refractivity contribution in [3.8, 4) is 0 Å². The molecule has 0 fully saturated rings. The summed E-state index contributed by atoms with van der Waals surface area (Å²) >= 11 is 3.00. The minimum atomic E-state index is -1.10. The Morgan fingerprint density at radius 1 is 1.45 bits per heavy atom. The van der Waals surface area contributed by atoms with Gasteiger partial charge in [-0.3, -0.25) is 9.59 Å². The van der Waals surface area contributed by atoms with Crippen LogP contribution < -0.4 is 5.32 Å². The third-order valence-electron chi connectivity index (χ3n) is 2.25. The molecule has 20 heavy (non-hydrogen) atoms. The predicted octanol–water partition coefficient (Wildman–Crippen LogP) is 1.52. The average Bonchev–Trinajstić information content (AvgIpc) is 2.81. The van der Waals surface area contributed by atoms with Crippen LogP contribution in [0.3, 0.4) is 0 Å². The number of carbonyl (C=O) groups excluding carboxylic acids is 1. The summed E-state index contributed by atoms with van der Waals surface area (Å²) in [6.45, 7) is -0.396. The molecule has 0 aliphatic heterocycles. The summed E-state index contributed by atoms with van der Waals surface area (Å²) in [6.07, 6.45) is 1.19. The summed E-state index contributed by atoms with van der Waals surface area (Å²) < 4.78 is 14.6. The van der Waals surface area contributed by atoms with Crippen LogP contribution in [0.1, 0.15) is 10.5 Å². The molecule has 1 aromatic carbocycles. The summed E-state index contributed by atoms with van der Waals surface area (Å²) in [5.74, 6) is -2.22. The monoisotopic (exact) mass is 342 g/mol. The molecule has 0 spiro atoms. The van der Waals surface area contributed by atoms with Gasteiger partial charge in [-0.25, -0.2) is 9.07 Å². The number of rotatable bonds is 4. The van der Waals surface area contributed by atoms with Gasteiger partial charge >= 0.3 is 5.97 Å². The van der Waals surface area contributed by atoms with Gasteiger partial charge in [-0.2, -0.15) is 0 Å². The minimum Gasteiger partial charge on any atom is -0.480 e. The van der Waals surface area contributed by atoms with E-state index in [0.29, 0.717) is 0 Å². The number of anilines is 1. The van der Waals surface area contributed by atoms with Crippen LogP contribution >= 0.6 is 15.9 Å². The van der Waals surface area contributed by atoms with Gasteiger partial charge < -0.3 is 10.4 Å². The van der Waals surface area contributed by atoms with Crippen molar-refractivity contribution in [2.45, 2.75) is 6.54 Å². The van der Waals surface area contributed by atoms with Crippen molar-refractivity contribution in [3.63, 3.8) is 0 Å². The molecule has 1 heterocycles. The van der Waals surface area contributed by atoms with Crippen LogP contribution in [0.2, 0.25) is 0 Å². The van der Waals surface area contributed by atoms with Gasteiger partial charge in [0.2, 0.25) is 0 Å². The Morgan fingerprint density at radius 3 is 2.85 bits per heavy atom. The van der Waals surface area contributed by atoms with E-state index in [1.54, 1.807) is 0 Å². The second-order valence-corrected chi connectivity index (χ2v) is 4.63. The second-order valence-electron chi connectivity index (χ2n) is 3.78. The van der Waals surface area contributed by atoms with Gasteiger partial charge in [0.15, 0.2) is 5.69 Å². The first kappa shape index (κ1) is 14.1. The highest BCUT2D eigenvalue weighted by Gasteiger charge is 2.13. The molecule has 104 valence electrons. The highest BCUT2D eigenvalue weighted by Crippen LogP contribution is 2.19. The maximum atomic E-state index is 13.3. The van der Waals surface area contributed by atoms with E-state index in [2.05, 4.69) is 31.6 Å². The fourth-order valence-electron chi connectivity index (χ4n) is 1.39. The molecule has 0 atom stereocenters. The lowest BCUT2D eigenvalue weighted by Gasteiger charge is -2.03. The first-order chi connectivity index (χ1) is 9.45. The minimum absolute atomic E-state index is 0.0606. The van der Waals surface area contributed by atoms with Gasteiger partial charge in [0.05, 0.1) is 10.7 Å². The van der Waals surface area contributed by atoms with Crippen molar-refractivity contribution in [1.82, 2.24) is 15.0 Å². The van der Waals surface area contributed by atoms with E-state index in [1.165, 1.54) is 18.3 Å². The van der Waals surface area contributed by atoms with E-state index >= 15 is 0 Å². The summed E-state index contributed by atoms with van der Waals surface area (Å²) in [6, 6.07) is 4.10. The lowest BCUT2D eigenvalue weighted by Crippen LogP contribution is -2.13. The smallest absolute Gasteiger partial charge is 0.325 e. The normalized spacial score (nSPS) is 10.3. The number of aromatic nitrogens is 3. The highest BCUT2D eigenvalue weighted by molar-refractivity contribution is 9.10. The number of halogens is 2. The van der Waals surface area contributed by atoms with Crippen molar-refractivity contribution >= 4 is 33.5 Å². The number of amides is 1. The number of hydrogen-bond donors (Lipinski definition) is 2. The molecular weight excluding hydrogens is 335 g/mol. The summed E-state index contributed by atoms with van der Waals surface area (Å²) in [7, 11) is 0. The van der Waals surface area contributed by atoms with E-state index < -0.39 is 24.2 Å². The van der Waals surface area contributed by atoms with Gasteiger partial charge in [0.25, 0.3) is 5.91 Å². The molecule has 0 saturated carbocycles. The molecule has 0 aliphatic carbocycles. The number of hydrogen-bond acceptors (Lipinski definition) is 4. The Hall–Kier alpha value is -2.29. The van der Waals surface area contributed by atoms with E-state index in [4.69, 9.17) is 5.11 Å². The summed E-state index contributed by atoms with van der Waals surface area (Å²) in [4.78, 5) is 22.3. The standard InChI is InChI=1S/C11H8BrFN4O3/c12-7-2-1-6(3-8(7)13)14-11(20)9-4-17(16-15-9)5-10(18)19/h1-4H,5H2,(H,14,20)(H,18,19). The molecule has 1 aromatic heterocycles. The molecule has 2 aromatic rings. The largest absolute Gasteiger partial charge is 0.480 e. The van der Waals surface area contributed by atoms with E-state index in [9.17, 15) is 14.0 Å². The van der Waals surface area contributed by atoms with Crippen LogP contribution in [0.15, 0.2) is 28.9 Å². The third-order valence-corrected chi connectivity index (χ3v) is 2.89. The van der Waals surface area contributed by atoms with E-state index in [0.717, 1.165) is 10.7 Å². The summed E-state index contributed by atoms with van der Waals surface area (Å²) in [5.41, 5.74) is 0.193. The number of nitrogens with zero attached hydrogens (tertiary/aromatic N) is 3. The van der Waals surface area contributed by atoms with Gasteiger partial charge in [-0.05, 0) is 34.1 Å².